The lowest BCUT2D eigenvalue weighted by Gasteiger charge is -2.38. The number of amides is 2. The standard InChI is InChI=1S/C21H27F6N5O2/c22-20(23,24)15-31-7-5-30(6-8-31)14-19(34)32-11-9-29(10-12-32)13-18(33)28-17-4-2-1-3-16(17)21(25,26)27/h1-4H,5-15H2,(H,28,33). The Morgan fingerprint density at radius 2 is 1.29 bits per heavy atom. The second-order valence-electron chi connectivity index (χ2n) is 8.42. The van der Waals surface area contributed by atoms with Gasteiger partial charge in [-0.15, -0.1) is 0 Å². The molecule has 2 aliphatic heterocycles. The predicted molar refractivity (Wildman–Crippen MR) is 112 cm³/mol. The summed E-state index contributed by atoms with van der Waals surface area (Å²) in [5.74, 6) is -0.708. The largest absolute Gasteiger partial charge is 0.418 e. The van der Waals surface area contributed by atoms with Gasteiger partial charge in [0.1, 0.15) is 0 Å². The van der Waals surface area contributed by atoms with Crippen LogP contribution in [0.15, 0.2) is 24.3 Å². The molecule has 0 unspecified atom stereocenters. The van der Waals surface area contributed by atoms with Gasteiger partial charge < -0.3 is 10.2 Å². The maximum atomic E-state index is 13.1. The number of hydrogen-bond acceptors (Lipinski definition) is 5. The van der Waals surface area contributed by atoms with Gasteiger partial charge in [0.25, 0.3) is 0 Å². The van der Waals surface area contributed by atoms with Crippen LogP contribution in [0.25, 0.3) is 0 Å². The van der Waals surface area contributed by atoms with E-state index in [1.165, 1.54) is 23.1 Å². The molecule has 0 atom stereocenters. The molecule has 2 fully saturated rings. The SMILES string of the molecule is O=C(CN1CCN(C(=O)CN2CCN(CC(F)(F)F)CC2)CC1)Nc1ccccc1C(F)(F)F. The van der Waals surface area contributed by atoms with Crippen LogP contribution in [0.1, 0.15) is 5.56 Å². The molecular formula is C21H27F6N5O2. The van der Waals surface area contributed by atoms with Gasteiger partial charge in [-0.2, -0.15) is 26.3 Å². The Kier molecular flexibility index (Phi) is 8.42. The molecule has 0 aliphatic carbocycles. The number of piperazine rings is 2. The van der Waals surface area contributed by atoms with Crippen LogP contribution in [0.4, 0.5) is 32.0 Å². The number of benzene rings is 1. The summed E-state index contributed by atoms with van der Waals surface area (Å²) in [6.07, 6.45) is -8.82. The van der Waals surface area contributed by atoms with Gasteiger partial charge >= 0.3 is 12.4 Å². The predicted octanol–water partition coefficient (Wildman–Crippen LogP) is 1.97. The van der Waals surface area contributed by atoms with E-state index in [1.54, 1.807) is 9.80 Å². The van der Waals surface area contributed by atoms with E-state index in [-0.39, 0.29) is 37.8 Å². The third-order valence-electron chi connectivity index (χ3n) is 5.83. The minimum absolute atomic E-state index is 0.102. The first kappa shape index (κ1) is 26.2. The number of nitrogens with one attached hydrogen (secondary N) is 1. The molecule has 1 aromatic rings. The van der Waals surface area contributed by atoms with Crippen molar-refractivity contribution in [3.8, 4) is 0 Å². The monoisotopic (exact) mass is 495 g/mol. The molecule has 190 valence electrons. The minimum atomic E-state index is -4.58. The van der Waals surface area contributed by atoms with E-state index in [2.05, 4.69) is 5.32 Å². The van der Waals surface area contributed by atoms with Crippen molar-refractivity contribution in [3.05, 3.63) is 29.8 Å². The summed E-state index contributed by atoms with van der Waals surface area (Å²) in [5, 5.41) is 2.31. The van der Waals surface area contributed by atoms with Gasteiger partial charge in [-0.3, -0.25) is 24.3 Å². The van der Waals surface area contributed by atoms with Gasteiger partial charge in [-0.1, -0.05) is 12.1 Å². The lowest BCUT2D eigenvalue weighted by atomic mass is 10.1. The number of anilines is 1. The van der Waals surface area contributed by atoms with Crippen molar-refractivity contribution in [2.45, 2.75) is 12.4 Å². The van der Waals surface area contributed by atoms with Crippen LogP contribution in [0, 0.1) is 0 Å². The fourth-order valence-electron chi connectivity index (χ4n) is 4.04. The zero-order valence-corrected chi connectivity index (χ0v) is 18.5. The van der Waals surface area contributed by atoms with Crippen LogP contribution in [0.2, 0.25) is 0 Å². The highest BCUT2D eigenvalue weighted by Crippen LogP contribution is 2.34. The first-order valence-corrected chi connectivity index (χ1v) is 10.9. The van der Waals surface area contributed by atoms with Crippen LogP contribution in [0.3, 0.4) is 0 Å². The van der Waals surface area contributed by atoms with Gasteiger partial charge in [0, 0.05) is 52.4 Å². The lowest BCUT2D eigenvalue weighted by molar-refractivity contribution is -0.150. The normalized spacial score (nSPS) is 19.3. The molecule has 1 N–H and O–H groups in total. The highest BCUT2D eigenvalue weighted by Gasteiger charge is 2.34. The summed E-state index contributed by atoms with van der Waals surface area (Å²) in [5.41, 5.74) is -1.22. The maximum absolute atomic E-state index is 13.1. The van der Waals surface area contributed by atoms with Crippen molar-refractivity contribution in [3.63, 3.8) is 0 Å². The van der Waals surface area contributed by atoms with Crippen LogP contribution in [-0.2, 0) is 15.8 Å². The Morgan fingerprint density at radius 3 is 1.88 bits per heavy atom. The third kappa shape index (κ3) is 7.84. The number of alkyl halides is 6. The summed E-state index contributed by atoms with van der Waals surface area (Å²) in [4.78, 5) is 31.4. The second-order valence-corrected chi connectivity index (χ2v) is 8.42. The van der Waals surface area contributed by atoms with Crippen molar-refractivity contribution < 1.29 is 35.9 Å². The molecule has 13 heteroatoms. The lowest BCUT2D eigenvalue weighted by Crippen LogP contribution is -2.55. The Hall–Kier alpha value is -2.38. The summed E-state index contributed by atoms with van der Waals surface area (Å²) < 4.78 is 76.7. The number of para-hydroxylation sites is 1. The van der Waals surface area contributed by atoms with Crippen molar-refractivity contribution in [1.82, 2.24) is 19.6 Å². The molecule has 0 bridgehead atoms. The number of halogens is 6. The molecule has 2 aliphatic rings. The zero-order valence-electron chi connectivity index (χ0n) is 18.5. The summed E-state index contributed by atoms with van der Waals surface area (Å²) in [6, 6.07) is 4.75. The molecule has 2 heterocycles. The summed E-state index contributed by atoms with van der Waals surface area (Å²) in [6.45, 7) is 1.80. The average molecular weight is 495 g/mol. The molecular weight excluding hydrogens is 468 g/mol. The Bertz CT molecular complexity index is 847. The van der Waals surface area contributed by atoms with Crippen molar-refractivity contribution in [1.29, 1.82) is 0 Å². The zero-order chi connectivity index (χ0) is 24.9. The Balaban J connectivity index is 1.39. The maximum Gasteiger partial charge on any atom is 0.418 e. The van der Waals surface area contributed by atoms with E-state index < -0.39 is 30.4 Å². The Labute approximate surface area is 193 Å². The molecule has 34 heavy (non-hydrogen) atoms. The summed E-state index contributed by atoms with van der Waals surface area (Å²) >= 11 is 0. The molecule has 0 saturated carbocycles. The number of nitrogens with zero attached hydrogens (tertiary/aromatic N) is 4. The van der Waals surface area contributed by atoms with E-state index in [4.69, 9.17) is 0 Å². The number of carbonyl (C=O) groups is 2. The fraction of sp³-hybridized carbons (Fsp3) is 0.619. The highest BCUT2D eigenvalue weighted by molar-refractivity contribution is 5.93. The minimum Gasteiger partial charge on any atom is -0.339 e. The highest BCUT2D eigenvalue weighted by atomic mass is 19.4. The summed E-state index contributed by atoms with van der Waals surface area (Å²) in [7, 11) is 0. The molecule has 2 amide bonds. The third-order valence-corrected chi connectivity index (χ3v) is 5.83. The van der Waals surface area contributed by atoms with Gasteiger partial charge in [0.2, 0.25) is 11.8 Å². The topological polar surface area (TPSA) is 59.1 Å². The van der Waals surface area contributed by atoms with Gasteiger partial charge in [0.15, 0.2) is 0 Å². The van der Waals surface area contributed by atoms with Crippen LogP contribution in [0.5, 0.6) is 0 Å². The fourth-order valence-corrected chi connectivity index (χ4v) is 4.04. The first-order valence-electron chi connectivity index (χ1n) is 10.9. The quantitative estimate of drug-likeness (QED) is 0.612. The smallest absolute Gasteiger partial charge is 0.339 e. The first-order chi connectivity index (χ1) is 15.9. The van der Waals surface area contributed by atoms with Gasteiger partial charge in [-0.05, 0) is 12.1 Å². The molecule has 0 spiro atoms. The number of carbonyl (C=O) groups excluding carboxylic acids is 2. The van der Waals surface area contributed by atoms with E-state index in [1.807, 2.05) is 4.90 Å². The average Bonchev–Trinajstić information content (AvgIpc) is 2.74. The van der Waals surface area contributed by atoms with Crippen LogP contribution in [-0.4, -0.2) is 110 Å². The second kappa shape index (κ2) is 10.9. The van der Waals surface area contributed by atoms with Crippen LogP contribution >= 0.6 is 0 Å². The van der Waals surface area contributed by atoms with Gasteiger partial charge in [0.05, 0.1) is 30.9 Å². The van der Waals surface area contributed by atoms with Crippen molar-refractivity contribution >= 4 is 17.5 Å². The van der Waals surface area contributed by atoms with Gasteiger partial charge in [-0.25, -0.2) is 0 Å². The van der Waals surface area contributed by atoms with E-state index in [0.717, 1.165) is 6.07 Å². The molecule has 0 aromatic heterocycles. The number of rotatable bonds is 6. The van der Waals surface area contributed by atoms with Crippen molar-refractivity contribution in [2.75, 3.05) is 77.3 Å². The van der Waals surface area contributed by atoms with Crippen molar-refractivity contribution in [2.24, 2.45) is 0 Å². The Morgan fingerprint density at radius 1 is 0.765 bits per heavy atom. The molecule has 7 nitrogen and oxygen atoms in total. The molecule has 2 saturated heterocycles. The van der Waals surface area contributed by atoms with E-state index in [0.29, 0.717) is 39.3 Å². The van der Waals surface area contributed by atoms with E-state index >= 15 is 0 Å². The molecule has 3 rings (SSSR count). The number of hydrogen-bond donors (Lipinski definition) is 1. The molecule has 1 aromatic carbocycles. The van der Waals surface area contributed by atoms with Crippen LogP contribution < -0.4 is 5.32 Å². The molecule has 0 radical (unpaired) electrons. The van der Waals surface area contributed by atoms with E-state index in [9.17, 15) is 35.9 Å².